The number of hydrogen-bond acceptors (Lipinski definition) is 3. The van der Waals surface area contributed by atoms with Crippen LogP contribution in [-0.2, 0) is 6.54 Å². The van der Waals surface area contributed by atoms with Gasteiger partial charge in [-0.1, -0.05) is 0 Å². The van der Waals surface area contributed by atoms with Crippen molar-refractivity contribution in [2.24, 2.45) is 0 Å². The second kappa shape index (κ2) is 9.47. The highest BCUT2D eigenvalue weighted by molar-refractivity contribution is 9.10. The lowest BCUT2D eigenvalue weighted by Gasteiger charge is -2.27. The number of pyridine rings is 1. The van der Waals surface area contributed by atoms with E-state index < -0.39 is 37.3 Å². The molecule has 154 valence electrons. The van der Waals surface area contributed by atoms with Gasteiger partial charge >= 0.3 is 18.4 Å². The van der Waals surface area contributed by atoms with E-state index in [0.29, 0.717) is 15.9 Å². The first-order chi connectivity index (χ1) is 12.4. The molecule has 0 bridgehead atoms. The van der Waals surface area contributed by atoms with Crippen molar-refractivity contribution < 1.29 is 35.9 Å². The number of carbonyl (C=O) groups excluding carboxylic acids is 1. The van der Waals surface area contributed by atoms with E-state index >= 15 is 0 Å². The summed E-state index contributed by atoms with van der Waals surface area (Å²) in [6.07, 6.45) is -11.3. The maximum atomic E-state index is 13.0. The topological polar surface area (TPSA) is 54.5 Å². The minimum absolute atomic E-state index is 0.0288. The summed E-state index contributed by atoms with van der Waals surface area (Å²) in [4.78, 5) is 17.2. The summed E-state index contributed by atoms with van der Waals surface area (Å²) >= 11 is 3.22. The largest absolute Gasteiger partial charge is 0.494 e. The van der Waals surface area contributed by atoms with E-state index in [2.05, 4.69) is 20.9 Å². The minimum atomic E-state index is -5.00. The molecule has 1 rings (SSSR count). The van der Waals surface area contributed by atoms with Crippen LogP contribution in [0.5, 0.6) is 5.75 Å². The van der Waals surface area contributed by atoms with Crippen molar-refractivity contribution in [3.63, 3.8) is 0 Å². The van der Waals surface area contributed by atoms with E-state index in [1.165, 1.54) is 26.3 Å². The van der Waals surface area contributed by atoms with E-state index in [-0.39, 0.29) is 13.1 Å². The molecule has 0 fully saturated rings. The zero-order valence-corrected chi connectivity index (χ0v) is 16.0. The Morgan fingerprint density at radius 2 is 1.96 bits per heavy atom. The predicted molar refractivity (Wildman–Crippen MR) is 88.2 cm³/mol. The van der Waals surface area contributed by atoms with Gasteiger partial charge in [0, 0.05) is 13.0 Å². The summed E-state index contributed by atoms with van der Waals surface area (Å²) < 4.78 is 81.1. The lowest BCUT2D eigenvalue weighted by atomic mass is 10.1. The van der Waals surface area contributed by atoms with Gasteiger partial charge in [-0.2, -0.15) is 26.3 Å². The van der Waals surface area contributed by atoms with Crippen LogP contribution in [0.1, 0.15) is 25.5 Å². The molecule has 1 aromatic rings. The predicted octanol–water partition coefficient (Wildman–Crippen LogP) is 4.66. The lowest BCUT2D eigenvalue weighted by molar-refractivity contribution is -0.171. The zero-order valence-electron chi connectivity index (χ0n) is 14.4. The molecule has 0 aromatic carbocycles. The Morgan fingerprint density at radius 1 is 1.33 bits per heavy atom. The van der Waals surface area contributed by atoms with Crippen LogP contribution >= 0.6 is 15.9 Å². The van der Waals surface area contributed by atoms with Gasteiger partial charge in [0.15, 0.2) is 5.75 Å². The van der Waals surface area contributed by atoms with Crippen LogP contribution in [-0.4, -0.2) is 48.0 Å². The smallest absolute Gasteiger partial charge is 0.408 e. The number of hydrogen-bond donors (Lipinski definition) is 1. The summed E-state index contributed by atoms with van der Waals surface area (Å²) in [5, 5.41) is 1.64. The van der Waals surface area contributed by atoms with E-state index in [1.807, 2.05) is 0 Å². The minimum Gasteiger partial charge on any atom is -0.494 e. The Hall–Kier alpha value is -1.72. The Morgan fingerprint density at radius 3 is 2.41 bits per heavy atom. The molecular formula is C15H18BrF6N3O2. The Bertz CT molecular complexity index is 639. The van der Waals surface area contributed by atoms with Crippen molar-refractivity contribution in [1.82, 2.24) is 15.2 Å². The highest BCUT2D eigenvalue weighted by Crippen LogP contribution is 2.29. The molecule has 0 aliphatic rings. The summed E-state index contributed by atoms with van der Waals surface area (Å²) in [7, 11) is 1.42. The second-order valence-electron chi connectivity index (χ2n) is 5.52. The summed E-state index contributed by atoms with van der Waals surface area (Å²) in [6.45, 7) is 1.42. The van der Waals surface area contributed by atoms with Gasteiger partial charge in [0.25, 0.3) is 0 Å². The van der Waals surface area contributed by atoms with Crippen molar-refractivity contribution in [2.75, 3.05) is 13.7 Å². The van der Waals surface area contributed by atoms with Crippen LogP contribution in [0.3, 0.4) is 0 Å². The van der Waals surface area contributed by atoms with Crippen LogP contribution in [0.2, 0.25) is 0 Å². The van der Waals surface area contributed by atoms with Gasteiger partial charge < -0.3 is 15.0 Å². The van der Waals surface area contributed by atoms with Gasteiger partial charge in [-0.05, 0) is 35.3 Å². The number of nitrogens with one attached hydrogen (secondary N) is 1. The maximum Gasteiger partial charge on any atom is 0.408 e. The van der Waals surface area contributed by atoms with E-state index in [9.17, 15) is 31.1 Å². The van der Waals surface area contributed by atoms with Gasteiger partial charge in [0.1, 0.15) is 6.04 Å². The average molecular weight is 466 g/mol. The molecule has 5 nitrogen and oxygen atoms in total. The number of amides is 2. The van der Waals surface area contributed by atoms with Crippen molar-refractivity contribution in [3.05, 3.63) is 22.4 Å². The molecule has 1 heterocycles. The fraction of sp³-hybridized carbons (Fsp3) is 0.600. The molecule has 1 unspecified atom stereocenters. The number of methoxy groups -OCH3 is 1. The van der Waals surface area contributed by atoms with E-state index in [1.54, 1.807) is 5.32 Å². The number of halogens is 7. The molecule has 2 amide bonds. The van der Waals surface area contributed by atoms with Gasteiger partial charge in [-0.25, -0.2) is 4.79 Å². The fourth-order valence-electron chi connectivity index (χ4n) is 2.08. The van der Waals surface area contributed by atoms with Gasteiger partial charge in [-0.15, -0.1) is 0 Å². The lowest BCUT2D eigenvalue weighted by Crippen LogP contribution is -2.50. The van der Waals surface area contributed by atoms with E-state index in [0.717, 1.165) is 4.90 Å². The third kappa shape index (κ3) is 7.81. The molecule has 12 heteroatoms. The summed E-state index contributed by atoms with van der Waals surface area (Å²) in [5.74, 6) is 0.426. The normalized spacial score (nSPS) is 13.2. The number of ether oxygens (including phenoxy) is 1. The molecule has 1 aromatic heterocycles. The van der Waals surface area contributed by atoms with Crippen LogP contribution in [0.15, 0.2) is 16.7 Å². The molecule has 1 atom stereocenters. The van der Waals surface area contributed by atoms with Gasteiger partial charge in [0.2, 0.25) is 0 Å². The fourth-order valence-corrected chi connectivity index (χ4v) is 2.61. The van der Waals surface area contributed by atoms with Gasteiger partial charge in [0.05, 0.1) is 30.0 Å². The molecule has 27 heavy (non-hydrogen) atoms. The number of urea groups is 1. The quantitative estimate of drug-likeness (QED) is 0.596. The highest BCUT2D eigenvalue weighted by Gasteiger charge is 2.43. The molecule has 0 saturated heterocycles. The molecule has 0 aliphatic carbocycles. The Balaban J connectivity index is 2.83. The highest BCUT2D eigenvalue weighted by atomic mass is 79.9. The van der Waals surface area contributed by atoms with Crippen molar-refractivity contribution in [2.45, 2.75) is 44.7 Å². The SMILES string of the molecule is CCN(Cc1cc(Br)c(OC)cn1)C(=O)NC(CCC(F)(F)F)C(F)(F)F. The van der Waals surface area contributed by atoms with Crippen molar-refractivity contribution in [3.8, 4) is 5.75 Å². The number of alkyl halides is 6. The van der Waals surface area contributed by atoms with Crippen LogP contribution in [0.4, 0.5) is 31.1 Å². The van der Waals surface area contributed by atoms with Crippen LogP contribution in [0.25, 0.3) is 0 Å². The zero-order chi connectivity index (χ0) is 20.8. The number of aromatic nitrogens is 1. The maximum absolute atomic E-state index is 13.0. The average Bonchev–Trinajstić information content (AvgIpc) is 2.54. The second-order valence-corrected chi connectivity index (χ2v) is 6.38. The van der Waals surface area contributed by atoms with Crippen molar-refractivity contribution >= 4 is 22.0 Å². The molecule has 1 N–H and O–H groups in total. The Labute approximate surface area is 160 Å². The Kier molecular flexibility index (Phi) is 8.18. The number of nitrogens with zero attached hydrogens (tertiary/aromatic N) is 2. The third-order valence-electron chi connectivity index (χ3n) is 3.53. The van der Waals surface area contributed by atoms with Crippen LogP contribution in [0, 0.1) is 0 Å². The number of rotatable bonds is 7. The first kappa shape index (κ1) is 23.3. The monoisotopic (exact) mass is 465 g/mol. The van der Waals surface area contributed by atoms with Crippen molar-refractivity contribution in [1.29, 1.82) is 0 Å². The van der Waals surface area contributed by atoms with E-state index in [4.69, 9.17) is 4.74 Å². The standard InChI is InChI=1S/C15H18BrF6N3O2/c1-3-25(8-9-6-10(16)11(27-2)7-23-9)13(26)24-12(15(20,21)22)4-5-14(17,18)19/h6-7,12H,3-5,8H2,1-2H3,(H,24,26). The summed E-state index contributed by atoms with van der Waals surface area (Å²) in [6, 6.07) is -2.20. The van der Waals surface area contributed by atoms with Gasteiger partial charge in [-0.3, -0.25) is 4.98 Å². The molecule has 0 aliphatic heterocycles. The number of carbonyl (C=O) groups is 1. The van der Waals surface area contributed by atoms with Crippen LogP contribution < -0.4 is 10.1 Å². The molecule has 0 saturated carbocycles. The first-order valence-electron chi connectivity index (χ1n) is 7.74. The molecule has 0 radical (unpaired) electrons. The third-order valence-corrected chi connectivity index (χ3v) is 4.15. The summed E-state index contributed by atoms with van der Waals surface area (Å²) in [5.41, 5.74) is 0.360. The first-order valence-corrected chi connectivity index (χ1v) is 8.54. The molecular weight excluding hydrogens is 448 g/mol. The molecule has 0 spiro atoms.